The lowest BCUT2D eigenvalue weighted by Crippen LogP contribution is -2.52. The third-order valence-corrected chi connectivity index (χ3v) is 6.87. The highest BCUT2D eigenvalue weighted by Gasteiger charge is 2.53. The van der Waals surface area contributed by atoms with E-state index in [1.165, 1.54) is 12.3 Å². The molecule has 1 fully saturated rings. The van der Waals surface area contributed by atoms with Crippen molar-refractivity contribution in [1.29, 1.82) is 0 Å². The van der Waals surface area contributed by atoms with E-state index in [1.54, 1.807) is 13.0 Å². The van der Waals surface area contributed by atoms with Crippen LogP contribution in [0.4, 0.5) is 14.5 Å². The number of aromatic nitrogens is 1. The molecule has 1 aliphatic carbocycles. The molecule has 1 aromatic heterocycles. The maximum Gasteiger partial charge on any atom is 0.388 e. The lowest BCUT2D eigenvalue weighted by atomic mass is 9.57. The van der Waals surface area contributed by atoms with Crippen LogP contribution < -0.4 is 10.1 Å². The number of ether oxygens (including phenoxy) is 1. The van der Waals surface area contributed by atoms with Crippen molar-refractivity contribution < 1.29 is 26.7 Å². The van der Waals surface area contributed by atoms with Crippen LogP contribution in [0.1, 0.15) is 49.4 Å². The molecule has 0 atom stereocenters. The van der Waals surface area contributed by atoms with Gasteiger partial charge in [0, 0.05) is 11.9 Å². The molecule has 0 aliphatic heterocycles. The lowest BCUT2D eigenvalue weighted by Gasteiger charge is -2.47. The summed E-state index contributed by atoms with van der Waals surface area (Å²) >= 11 is 0. The molecule has 32 heavy (non-hydrogen) atoms. The highest BCUT2D eigenvalue weighted by atomic mass is 32.2. The van der Waals surface area contributed by atoms with Crippen molar-refractivity contribution in [3.05, 3.63) is 53.2 Å². The summed E-state index contributed by atoms with van der Waals surface area (Å²) in [6.07, 6.45) is 1.88. The Morgan fingerprint density at radius 3 is 2.47 bits per heavy atom. The second-order valence-corrected chi connectivity index (χ2v) is 11.0. The second-order valence-electron chi connectivity index (χ2n) is 8.83. The predicted molar refractivity (Wildman–Crippen MR) is 119 cm³/mol. The number of aryl methyl sites for hydroxylation is 1. The van der Waals surface area contributed by atoms with Crippen molar-refractivity contribution in [2.24, 2.45) is 5.92 Å². The van der Waals surface area contributed by atoms with E-state index < -0.39 is 21.9 Å². The summed E-state index contributed by atoms with van der Waals surface area (Å²) < 4.78 is 53.8. The van der Waals surface area contributed by atoms with Crippen molar-refractivity contribution in [1.82, 2.24) is 4.98 Å². The van der Waals surface area contributed by atoms with Crippen molar-refractivity contribution in [2.45, 2.75) is 51.6 Å². The molecule has 6 nitrogen and oxygen atoms in total. The van der Waals surface area contributed by atoms with E-state index in [9.17, 15) is 22.0 Å². The highest BCUT2D eigenvalue weighted by molar-refractivity contribution is 7.90. The minimum atomic E-state index is -3.20. The van der Waals surface area contributed by atoms with Crippen LogP contribution in [-0.2, 0) is 20.0 Å². The summed E-state index contributed by atoms with van der Waals surface area (Å²) in [4.78, 5) is 17.6. The fraction of sp³-hybridized carbons (Fsp3) is 0.478. The van der Waals surface area contributed by atoms with Gasteiger partial charge in [0.1, 0.15) is 15.5 Å². The van der Waals surface area contributed by atoms with E-state index in [0.717, 1.165) is 11.1 Å². The molecule has 3 rings (SSSR count). The minimum absolute atomic E-state index is 0.00228. The van der Waals surface area contributed by atoms with E-state index in [4.69, 9.17) is 0 Å². The maximum absolute atomic E-state index is 13.6. The van der Waals surface area contributed by atoms with Gasteiger partial charge in [0.05, 0.1) is 11.2 Å². The number of nitrogens with one attached hydrogen (secondary N) is 1. The molecule has 1 heterocycles. The van der Waals surface area contributed by atoms with Crippen molar-refractivity contribution in [2.75, 3.05) is 17.3 Å². The molecule has 0 bridgehead atoms. The number of anilines is 1. The number of rotatable bonds is 8. The van der Waals surface area contributed by atoms with Crippen LogP contribution in [-0.4, -0.2) is 37.9 Å². The third-order valence-electron chi connectivity index (χ3n) is 5.79. The molecule has 0 unspecified atom stereocenters. The van der Waals surface area contributed by atoms with Crippen molar-refractivity contribution in [3.63, 3.8) is 0 Å². The Labute approximate surface area is 187 Å². The number of benzene rings is 1. The molecular weight excluding hydrogens is 438 g/mol. The van der Waals surface area contributed by atoms with Gasteiger partial charge in [0.2, 0.25) is 11.8 Å². The number of nitrogens with zero attached hydrogens (tertiary/aromatic N) is 1. The van der Waals surface area contributed by atoms with Crippen LogP contribution in [0.25, 0.3) is 0 Å². The first kappa shape index (κ1) is 24.1. The summed E-state index contributed by atoms with van der Waals surface area (Å²) in [7, 11) is -3.20. The van der Waals surface area contributed by atoms with Gasteiger partial charge < -0.3 is 10.1 Å². The number of sulfone groups is 1. The molecule has 174 valence electrons. The zero-order chi connectivity index (χ0) is 23.7. The third kappa shape index (κ3) is 5.26. The molecule has 0 spiro atoms. The van der Waals surface area contributed by atoms with E-state index in [0.29, 0.717) is 18.5 Å². The Balaban J connectivity index is 1.98. The Morgan fingerprint density at radius 1 is 1.22 bits per heavy atom. The SMILES string of the molecule is Cc1ccc(NC(=O)C2(c3ccccc3C(C)C)CC(CS(C)(=O)=O)C2)c(OC(F)F)n1. The zero-order valence-corrected chi connectivity index (χ0v) is 19.4. The summed E-state index contributed by atoms with van der Waals surface area (Å²) in [6, 6.07) is 10.7. The van der Waals surface area contributed by atoms with Gasteiger partial charge in [0.25, 0.3) is 0 Å². The molecule has 1 saturated carbocycles. The van der Waals surface area contributed by atoms with Crippen molar-refractivity contribution >= 4 is 21.4 Å². The van der Waals surface area contributed by atoms with Crippen LogP contribution in [0, 0.1) is 12.8 Å². The fourth-order valence-corrected chi connectivity index (χ4v) is 5.57. The topological polar surface area (TPSA) is 85.4 Å². The Bertz CT molecular complexity index is 1100. The van der Waals surface area contributed by atoms with Gasteiger partial charge in [0.15, 0.2) is 0 Å². The first-order chi connectivity index (χ1) is 14.9. The van der Waals surface area contributed by atoms with E-state index in [2.05, 4.69) is 15.0 Å². The molecule has 1 aromatic carbocycles. The first-order valence-electron chi connectivity index (χ1n) is 10.4. The van der Waals surface area contributed by atoms with Gasteiger partial charge in [-0.3, -0.25) is 4.79 Å². The zero-order valence-electron chi connectivity index (χ0n) is 18.6. The summed E-state index contributed by atoms with van der Waals surface area (Å²) in [6.45, 7) is 2.59. The smallest absolute Gasteiger partial charge is 0.388 e. The number of pyridine rings is 1. The molecule has 9 heteroatoms. The Morgan fingerprint density at radius 2 is 1.88 bits per heavy atom. The number of amides is 1. The fourth-order valence-electron chi connectivity index (χ4n) is 4.48. The average molecular weight is 467 g/mol. The average Bonchev–Trinajstić information content (AvgIpc) is 2.65. The molecule has 2 aromatic rings. The van der Waals surface area contributed by atoms with Crippen molar-refractivity contribution in [3.8, 4) is 5.88 Å². The number of alkyl halides is 2. The number of halogens is 2. The monoisotopic (exact) mass is 466 g/mol. The van der Waals surface area contributed by atoms with E-state index in [1.807, 2.05) is 38.1 Å². The number of carbonyl (C=O) groups excluding carboxylic acids is 1. The summed E-state index contributed by atoms with van der Waals surface area (Å²) in [5, 5.41) is 2.72. The molecule has 1 N–H and O–H groups in total. The van der Waals surface area contributed by atoms with E-state index in [-0.39, 0.29) is 35.1 Å². The maximum atomic E-state index is 13.6. The Kier molecular flexibility index (Phi) is 6.88. The van der Waals surface area contributed by atoms with Gasteiger partial charge in [-0.05, 0) is 54.9 Å². The van der Waals surface area contributed by atoms with Gasteiger partial charge in [-0.25, -0.2) is 13.4 Å². The summed E-state index contributed by atoms with van der Waals surface area (Å²) in [5.41, 5.74) is 1.37. The van der Waals surface area contributed by atoms with Gasteiger partial charge in [-0.1, -0.05) is 38.1 Å². The quantitative estimate of drug-likeness (QED) is 0.621. The van der Waals surface area contributed by atoms with Crippen LogP contribution in [0.15, 0.2) is 36.4 Å². The van der Waals surface area contributed by atoms with Gasteiger partial charge >= 0.3 is 6.61 Å². The predicted octanol–water partition coefficient (Wildman–Crippen LogP) is 4.45. The lowest BCUT2D eigenvalue weighted by molar-refractivity contribution is -0.126. The number of carbonyl (C=O) groups is 1. The van der Waals surface area contributed by atoms with Crippen LogP contribution in [0.2, 0.25) is 0 Å². The summed E-state index contributed by atoms with van der Waals surface area (Å²) in [5.74, 6) is -0.766. The largest absolute Gasteiger partial charge is 0.415 e. The van der Waals surface area contributed by atoms with Crippen LogP contribution >= 0.6 is 0 Å². The Hall–Kier alpha value is -2.55. The minimum Gasteiger partial charge on any atom is -0.415 e. The normalized spacial score (nSPS) is 20.8. The molecule has 1 aliphatic rings. The second kappa shape index (κ2) is 9.13. The molecule has 0 radical (unpaired) electrons. The van der Waals surface area contributed by atoms with Gasteiger partial charge in [-0.2, -0.15) is 8.78 Å². The molecule has 0 saturated heterocycles. The molecular formula is C23H28F2N2O4S. The van der Waals surface area contributed by atoms with Crippen LogP contribution in [0.3, 0.4) is 0 Å². The highest BCUT2D eigenvalue weighted by Crippen LogP contribution is 2.51. The van der Waals surface area contributed by atoms with E-state index >= 15 is 0 Å². The first-order valence-corrected chi connectivity index (χ1v) is 12.5. The standard InChI is InChI=1S/C23H28F2N2O4S/c1-14(2)17-7-5-6-8-18(17)23(11-16(12-23)13-32(4,29)30)21(28)27-19-10-9-15(3)26-20(19)31-22(24)25/h5-10,14,16,22H,11-13H2,1-4H3,(H,27,28). The molecule has 1 amide bonds. The number of hydrogen-bond donors (Lipinski definition) is 1. The van der Waals surface area contributed by atoms with Crippen LogP contribution in [0.5, 0.6) is 5.88 Å². The van der Waals surface area contributed by atoms with Gasteiger partial charge in [-0.15, -0.1) is 0 Å². The number of hydrogen-bond acceptors (Lipinski definition) is 5.